The van der Waals surface area contributed by atoms with Crippen molar-refractivity contribution in [1.82, 2.24) is 14.8 Å². The number of nitrogens with zero attached hydrogens (tertiary/aromatic N) is 3. The van der Waals surface area contributed by atoms with E-state index in [9.17, 15) is 0 Å². The van der Waals surface area contributed by atoms with Gasteiger partial charge < -0.3 is 4.57 Å². The van der Waals surface area contributed by atoms with Gasteiger partial charge in [0, 0.05) is 22.9 Å². The highest BCUT2D eigenvalue weighted by molar-refractivity contribution is 7.10. The summed E-state index contributed by atoms with van der Waals surface area (Å²) >= 11 is 1.73. The molecule has 0 saturated heterocycles. The topological polar surface area (TPSA) is 30.7 Å². The van der Waals surface area contributed by atoms with Crippen LogP contribution in [0.5, 0.6) is 0 Å². The summed E-state index contributed by atoms with van der Waals surface area (Å²) in [5.74, 6) is 0.930. The van der Waals surface area contributed by atoms with Crippen LogP contribution in [0, 0.1) is 6.92 Å². The predicted octanol–water partition coefficient (Wildman–Crippen LogP) is 1.85. The third-order valence-corrected chi connectivity index (χ3v) is 2.56. The SMILES string of the molecule is Cc1cc(-c2nncn2C)cs1. The first kappa shape index (κ1) is 7.49. The minimum absolute atomic E-state index is 0.930. The fourth-order valence-electron chi connectivity index (χ4n) is 1.11. The van der Waals surface area contributed by atoms with Gasteiger partial charge in [-0.25, -0.2) is 0 Å². The first-order valence-electron chi connectivity index (χ1n) is 3.67. The molecule has 0 radical (unpaired) electrons. The van der Waals surface area contributed by atoms with Crippen molar-refractivity contribution in [2.75, 3.05) is 0 Å². The molecule has 0 aliphatic rings. The van der Waals surface area contributed by atoms with E-state index in [4.69, 9.17) is 0 Å². The number of thiophene rings is 1. The molecular weight excluding hydrogens is 170 g/mol. The van der Waals surface area contributed by atoms with Gasteiger partial charge in [0.05, 0.1) is 0 Å². The third-order valence-electron chi connectivity index (χ3n) is 1.70. The van der Waals surface area contributed by atoms with Crippen molar-refractivity contribution in [3.05, 3.63) is 22.7 Å². The Labute approximate surface area is 74.7 Å². The highest BCUT2D eigenvalue weighted by Gasteiger charge is 2.04. The molecule has 0 N–H and O–H groups in total. The fourth-order valence-corrected chi connectivity index (χ4v) is 1.79. The lowest BCUT2D eigenvalue weighted by Crippen LogP contribution is -1.88. The second kappa shape index (κ2) is 2.71. The lowest BCUT2D eigenvalue weighted by Gasteiger charge is -1.93. The quantitative estimate of drug-likeness (QED) is 0.669. The van der Waals surface area contributed by atoms with E-state index in [1.54, 1.807) is 17.7 Å². The second-order valence-electron chi connectivity index (χ2n) is 2.71. The maximum atomic E-state index is 4.02. The van der Waals surface area contributed by atoms with Gasteiger partial charge in [0.1, 0.15) is 6.33 Å². The van der Waals surface area contributed by atoms with Crippen LogP contribution in [0.15, 0.2) is 17.8 Å². The van der Waals surface area contributed by atoms with Gasteiger partial charge in [-0.3, -0.25) is 0 Å². The summed E-state index contributed by atoms with van der Waals surface area (Å²) < 4.78 is 1.92. The highest BCUT2D eigenvalue weighted by atomic mass is 32.1. The lowest BCUT2D eigenvalue weighted by atomic mass is 10.3. The molecule has 4 heteroatoms. The maximum absolute atomic E-state index is 4.02. The molecule has 0 unspecified atom stereocenters. The Morgan fingerprint density at radius 3 is 2.83 bits per heavy atom. The molecule has 0 bridgehead atoms. The number of hydrogen-bond acceptors (Lipinski definition) is 3. The van der Waals surface area contributed by atoms with Gasteiger partial charge in [-0.1, -0.05) is 0 Å². The predicted molar refractivity (Wildman–Crippen MR) is 49.1 cm³/mol. The molecule has 2 heterocycles. The maximum Gasteiger partial charge on any atom is 0.164 e. The first-order valence-corrected chi connectivity index (χ1v) is 4.55. The molecular formula is C8H9N3S. The van der Waals surface area contributed by atoms with E-state index < -0.39 is 0 Å². The second-order valence-corrected chi connectivity index (χ2v) is 3.83. The molecule has 0 saturated carbocycles. The van der Waals surface area contributed by atoms with Crippen molar-refractivity contribution < 1.29 is 0 Å². The van der Waals surface area contributed by atoms with E-state index in [0.29, 0.717) is 0 Å². The van der Waals surface area contributed by atoms with E-state index in [2.05, 4.69) is 28.6 Å². The largest absolute Gasteiger partial charge is 0.317 e. The van der Waals surface area contributed by atoms with Crippen molar-refractivity contribution in [3.63, 3.8) is 0 Å². The number of aromatic nitrogens is 3. The molecule has 0 atom stereocenters. The van der Waals surface area contributed by atoms with Gasteiger partial charge in [-0.2, -0.15) is 0 Å². The molecule has 0 aliphatic heterocycles. The molecule has 0 fully saturated rings. The third kappa shape index (κ3) is 1.14. The molecule has 0 aromatic carbocycles. The number of hydrogen-bond donors (Lipinski definition) is 0. The van der Waals surface area contributed by atoms with Crippen molar-refractivity contribution >= 4 is 11.3 Å². The highest BCUT2D eigenvalue weighted by Crippen LogP contribution is 2.22. The average molecular weight is 179 g/mol. The smallest absolute Gasteiger partial charge is 0.164 e. The van der Waals surface area contributed by atoms with Gasteiger partial charge >= 0.3 is 0 Å². The zero-order chi connectivity index (χ0) is 8.55. The van der Waals surface area contributed by atoms with Crippen LogP contribution in [-0.4, -0.2) is 14.8 Å². The monoisotopic (exact) mass is 179 g/mol. The summed E-state index contributed by atoms with van der Waals surface area (Å²) in [6.07, 6.45) is 1.71. The molecule has 2 aromatic heterocycles. The lowest BCUT2D eigenvalue weighted by molar-refractivity contribution is 0.920. The van der Waals surface area contributed by atoms with E-state index in [-0.39, 0.29) is 0 Å². The van der Waals surface area contributed by atoms with Crippen molar-refractivity contribution in [1.29, 1.82) is 0 Å². The van der Waals surface area contributed by atoms with Crippen molar-refractivity contribution in [3.8, 4) is 11.4 Å². The molecule has 0 spiro atoms. The Balaban J connectivity index is 2.50. The summed E-state index contributed by atoms with van der Waals surface area (Å²) in [5, 5.41) is 9.94. The summed E-state index contributed by atoms with van der Waals surface area (Å²) in [6, 6.07) is 2.12. The van der Waals surface area contributed by atoms with Crippen LogP contribution >= 0.6 is 11.3 Å². The average Bonchev–Trinajstić information content (AvgIpc) is 2.58. The molecule has 0 aliphatic carbocycles. The van der Waals surface area contributed by atoms with E-state index >= 15 is 0 Å². The summed E-state index contributed by atoms with van der Waals surface area (Å²) in [5.41, 5.74) is 1.15. The molecule has 3 nitrogen and oxygen atoms in total. The Bertz CT molecular complexity index is 388. The van der Waals surface area contributed by atoms with Gasteiger partial charge in [-0.05, 0) is 13.0 Å². The van der Waals surface area contributed by atoms with Crippen LogP contribution in [0.25, 0.3) is 11.4 Å². The van der Waals surface area contributed by atoms with Gasteiger partial charge in [0.2, 0.25) is 0 Å². The Hall–Kier alpha value is -1.16. The first-order chi connectivity index (χ1) is 5.77. The zero-order valence-corrected chi connectivity index (χ0v) is 7.80. The van der Waals surface area contributed by atoms with Crippen LogP contribution in [-0.2, 0) is 7.05 Å². The summed E-state index contributed by atoms with van der Waals surface area (Å²) in [6.45, 7) is 2.09. The Morgan fingerprint density at radius 2 is 2.33 bits per heavy atom. The number of aryl methyl sites for hydroxylation is 2. The van der Waals surface area contributed by atoms with Crippen molar-refractivity contribution in [2.45, 2.75) is 6.92 Å². The van der Waals surface area contributed by atoms with E-state index in [1.165, 1.54) is 4.88 Å². The van der Waals surface area contributed by atoms with E-state index in [0.717, 1.165) is 11.4 Å². The molecule has 2 aromatic rings. The van der Waals surface area contributed by atoms with Crippen LogP contribution in [0.4, 0.5) is 0 Å². The van der Waals surface area contributed by atoms with Crippen LogP contribution in [0.1, 0.15) is 4.88 Å². The minimum Gasteiger partial charge on any atom is -0.317 e. The number of rotatable bonds is 1. The normalized spacial score (nSPS) is 10.5. The van der Waals surface area contributed by atoms with Crippen LogP contribution in [0.2, 0.25) is 0 Å². The minimum atomic E-state index is 0.930. The zero-order valence-electron chi connectivity index (χ0n) is 6.98. The summed E-state index contributed by atoms with van der Waals surface area (Å²) in [4.78, 5) is 1.30. The van der Waals surface area contributed by atoms with Crippen LogP contribution < -0.4 is 0 Å². The fraction of sp³-hybridized carbons (Fsp3) is 0.250. The Morgan fingerprint density at radius 1 is 1.50 bits per heavy atom. The molecule has 62 valence electrons. The molecule has 2 rings (SSSR count). The van der Waals surface area contributed by atoms with E-state index in [1.807, 2.05) is 11.6 Å². The van der Waals surface area contributed by atoms with Gasteiger partial charge in [-0.15, -0.1) is 21.5 Å². The molecule has 12 heavy (non-hydrogen) atoms. The molecule has 0 amide bonds. The van der Waals surface area contributed by atoms with Crippen LogP contribution in [0.3, 0.4) is 0 Å². The Kier molecular flexibility index (Phi) is 1.69. The van der Waals surface area contributed by atoms with Gasteiger partial charge in [0.15, 0.2) is 5.82 Å². The van der Waals surface area contributed by atoms with Crippen molar-refractivity contribution in [2.24, 2.45) is 7.05 Å². The van der Waals surface area contributed by atoms with Gasteiger partial charge in [0.25, 0.3) is 0 Å². The standard InChI is InChI=1S/C8H9N3S/c1-6-3-7(4-12-6)8-10-9-5-11(8)2/h3-5H,1-2H3. The summed E-state index contributed by atoms with van der Waals surface area (Å²) in [7, 11) is 1.95.